The standard InChI is InChI=1S/C35H39FN8O3/c1-42(2)11-4-8-34(45)41-31-20-29-30(21-33(31)47-15-5-12-43-13-16-46-17-14-43)37-24-38-35(29)40-28-9-10-32-26(19-28)22-39-44(32)23-25-6-3-7-27(36)18-25/h3-4,6-10,18-22,24H,5,11-17,23H2,1-2H3,(H,41,45)(H,37,38,40). The molecule has 5 aromatic rings. The molecule has 0 unspecified atom stereocenters. The number of carbonyl (C=O) groups is 1. The average molecular weight is 639 g/mol. The summed E-state index contributed by atoms with van der Waals surface area (Å²) >= 11 is 0. The minimum Gasteiger partial charge on any atom is -0.491 e. The van der Waals surface area contributed by atoms with E-state index >= 15 is 0 Å². The van der Waals surface area contributed by atoms with Crippen LogP contribution in [0.25, 0.3) is 21.8 Å². The van der Waals surface area contributed by atoms with Gasteiger partial charge in [0.15, 0.2) is 0 Å². The summed E-state index contributed by atoms with van der Waals surface area (Å²) in [7, 11) is 3.89. The first-order chi connectivity index (χ1) is 22.9. The molecule has 1 amide bonds. The van der Waals surface area contributed by atoms with Crippen molar-refractivity contribution in [1.29, 1.82) is 0 Å². The van der Waals surface area contributed by atoms with Gasteiger partial charge in [-0.05, 0) is 62.5 Å². The Bertz CT molecular complexity index is 1870. The largest absolute Gasteiger partial charge is 0.491 e. The summed E-state index contributed by atoms with van der Waals surface area (Å²) in [6, 6.07) is 16.1. The number of hydrogen-bond acceptors (Lipinski definition) is 9. The molecule has 2 aromatic heterocycles. The number of amides is 1. The molecule has 244 valence electrons. The van der Waals surface area contributed by atoms with Crippen LogP contribution in [0.15, 0.2) is 79.3 Å². The topological polar surface area (TPSA) is 110 Å². The second kappa shape index (κ2) is 15.1. The van der Waals surface area contributed by atoms with Crippen molar-refractivity contribution < 1.29 is 18.7 Å². The van der Waals surface area contributed by atoms with Gasteiger partial charge < -0.3 is 25.0 Å². The number of morpholine rings is 1. The molecule has 3 aromatic carbocycles. The van der Waals surface area contributed by atoms with Gasteiger partial charge in [0.1, 0.15) is 23.7 Å². The van der Waals surface area contributed by atoms with Gasteiger partial charge in [0.25, 0.3) is 0 Å². The first-order valence-corrected chi connectivity index (χ1v) is 15.7. The second-order valence-corrected chi connectivity index (χ2v) is 11.7. The van der Waals surface area contributed by atoms with Gasteiger partial charge in [-0.1, -0.05) is 18.2 Å². The Labute approximate surface area is 273 Å². The maximum atomic E-state index is 13.7. The summed E-state index contributed by atoms with van der Waals surface area (Å²) in [4.78, 5) is 26.3. The highest BCUT2D eigenvalue weighted by Crippen LogP contribution is 2.34. The highest BCUT2D eigenvalue weighted by Gasteiger charge is 2.15. The third kappa shape index (κ3) is 8.47. The predicted octanol–water partition coefficient (Wildman–Crippen LogP) is 5.07. The summed E-state index contributed by atoms with van der Waals surface area (Å²) in [6.45, 7) is 5.87. The number of carbonyl (C=O) groups excluding carboxylic acids is 1. The maximum Gasteiger partial charge on any atom is 0.248 e. The number of halogens is 1. The average Bonchev–Trinajstić information content (AvgIpc) is 3.45. The Morgan fingerprint density at radius 1 is 1.11 bits per heavy atom. The van der Waals surface area contributed by atoms with Crippen molar-refractivity contribution in [2.24, 2.45) is 0 Å². The molecular formula is C35H39FN8O3. The first kappa shape index (κ1) is 32.0. The van der Waals surface area contributed by atoms with E-state index in [-0.39, 0.29) is 11.7 Å². The quantitative estimate of drug-likeness (QED) is 0.135. The lowest BCUT2D eigenvalue weighted by atomic mass is 10.1. The lowest BCUT2D eigenvalue weighted by molar-refractivity contribution is -0.111. The van der Waals surface area contributed by atoms with Crippen molar-refractivity contribution in [2.75, 3.05) is 70.7 Å². The van der Waals surface area contributed by atoms with E-state index in [1.54, 1.807) is 12.3 Å². The molecule has 0 bridgehead atoms. The number of nitrogens with zero attached hydrogens (tertiary/aromatic N) is 6. The van der Waals surface area contributed by atoms with Crippen molar-refractivity contribution in [3.8, 4) is 5.75 Å². The molecule has 0 spiro atoms. The van der Waals surface area contributed by atoms with Gasteiger partial charge in [-0.2, -0.15) is 5.10 Å². The van der Waals surface area contributed by atoms with Gasteiger partial charge in [0.2, 0.25) is 5.91 Å². The summed E-state index contributed by atoms with van der Waals surface area (Å²) in [6.07, 6.45) is 7.47. The van der Waals surface area contributed by atoms with Crippen LogP contribution in [-0.2, 0) is 16.1 Å². The van der Waals surface area contributed by atoms with Crippen molar-refractivity contribution in [1.82, 2.24) is 29.5 Å². The minimum absolute atomic E-state index is 0.253. The third-order valence-electron chi connectivity index (χ3n) is 7.84. The van der Waals surface area contributed by atoms with E-state index in [1.807, 2.05) is 66.2 Å². The van der Waals surface area contributed by atoms with Gasteiger partial charge in [-0.15, -0.1) is 0 Å². The molecule has 2 N–H and O–H groups in total. The number of ether oxygens (including phenoxy) is 2. The maximum absolute atomic E-state index is 13.7. The van der Waals surface area contributed by atoms with Crippen LogP contribution in [0.1, 0.15) is 12.0 Å². The highest BCUT2D eigenvalue weighted by molar-refractivity contribution is 6.03. The van der Waals surface area contributed by atoms with Crippen molar-refractivity contribution in [3.63, 3.8) is 0 Å². The number of aromatic nitrogens is 4. The second-order valence-electron chi connectivity index (χ2n) is 11.7. The lowest BCUT2D eigenvalue weighted by Gasteiger charge is -2.26. The zero-order valence-electron chi connectivity index (χ0n) is 26.7. The molecule has 0 saturated carbocycles. The van der Waals surface area contributed by atoms with E-state index < -0.39 is 0 Å². The molecule has 1 saturated heterocycles. The number of rotatable bonds is 13. The number of benzene rings is 3. The number of hydrogen-bond donors (Lipinski definition) is 2. The van der Waals surface area contributed by atoms with Crippen LogP contribution in [-0.4, -0.2) is 95.6 Å². The van der Waals surface area contributed by atoms with E-state index in [1.165, 1.54) is 24.5 Å². The number of nitrogens with one attached hydrogen (secondary N) is 2. The predicted molar refractivity (Wildman–Crippen MR) is 182 cm³/mol. The van der Waals surface area contributed by atoms with E-state index in [9.17, 15) is 9.18 Å². The molecule has 6 rings (SSSR count). The Balaban J connectivity index is 1.22. The Kier molecular flexibility index (Phi) is 10.3. The first-order valence-electron chi connectivity index (χ1n) is 15.7. The summed E-state index contributed by atoms with van der Waals surface area (Å²) in [5, 5.41) is 12.6. The fourth-order valence-corrected chi connectivity index (χ4v) is 5.48. The molecule has 1 aliphatic rings. The Hall–Kier alpha value is -4.91. The van der Waals surface area contributed by atoms with E-state index in [0.29, 0.717) is 42.5 Å². The normalized spacial score (nSPS) is 14.0. The van der Waals surface area contributed by atoms with Crippen LogP contribution in [0.3, 0.4) is 0 Å². The van der Waals surface area contributed by atoms with Crippen molar-refractivity contribution >= 4 is 44.9 Å². The highest BCUT2D eigenvalue weighted by atomic mass is 19.1. The molecule has 47 heavy (non-hydrogen) atoms. The number of fused-ring (bicyclic) bond motifs is 2. The van der Waals surface area contributed by atoms with Crippen molar-refractivity contribution in [3.05, 3.63) is 90.7 Å². The van der Waals surface area contributed by atoms with Gasteiger partial charge in [-0.25, -0.2) is 14.4 Å². The molecule has 11 nitrogen and oxygen atoms in total. The van der Waals surface area contributed by atoms with E-state index in [0.717, 1.165) is 66.8 Å². The fraction of sp³-hybridized carbons (Fsp3) is 0.314. The van der Waals surface area contributed by atoms with Gasteiger partial charge >= 0.3 is 0 Å². The third-order valence-corrected chi connectivity index (χ3v) is 7.84. The van der Waals surface area contributed by atoms with Crippen LogP contribution in [0.2, 0.25) is 0 Å². The molecule has 1 fully saturated rings. The molecule has 0 aliphatic carbocycles. The molecular weight excluding hydrogens is 599 g/mol. The molecule has 0 radical (unpaired) electrons. The van der Waals surface area contributed by atoms with Crippen LogP contribution in [0.4, 0.5) is 21.6 Å². The Morgan fingerprint density at radius 3 is 2.81 bits per heavy atom. The van der Waals surface area contributed by atoms with Gasteiger partial charge in [0.05, 0.1) is 49.3 Å². The summed E-state index contributed by atoms with van der Waals surface area (Å²) in [5.41, 5.74) is 3.78. The van der Waals surface area contributed by atoms with Crippen LogP contribution < -0.4 is 15.4 Å². The van der Waals surface area contributed by atoms with Crippen LogP contribution >= 0.6 is 0 Å². The van der Waals surface area contributed by atoms with E-state index in [2.05, 4.69) is 30.6 Å². The summed E-state index contributed by atoms with van der Waals surface area (Å²) in [5.74, 6) is 0.606. The van der Waals surface area contributed by atoms with Crippen molar-refractivity contribution in [2.45, 2.75) is 13.0 Å². The minimum atomic E-state index is -0.270. The SMILES string of the molecule is CN(C)CC=CC(=O)Nc1cc2c(Nc3ccc4c(cnn4Cc4cccc(F)c4)c3)ncnc2cc1OCCCN1CCOCC1. The van der Waals surface area contributed by atoms with Gasteiger partial charge in [-0.3, -0.25) is 14.4 Å². The smallest absolute Gasteiger partial charge is 0.248 e. The Morgan fingerprint density at radius 2 is 1.98 bits per heavy atom. The van der Waals surface area contributed by atoms with Crippen LogP contribution in [0, 0.1) is 5.82 Å². The number of likely N-dealkylation sites (N-methyl/N-ethyl adjacent to an activating group) is 1. The van der Waals surface area contributed by atoms with Gasteiger partial charge in [0, 0.05) is 54.8 Å². The number of anilines is 3. The molecule has 12 heteroatoms. The lowest BCUT2D eigenvalue weighted by Crippen LogP contribution is -2.37. The zero-order valence-corrected chi connectivity index (χ0v) is 26.7. The molecule has 0 atom stereocenters. The van der Waals surface area contributed by atoms with E-state index in [4.69, 9.17) is 9.47 Å². The zero-order chi connectivity index (χ0) is 32.6. The monoisotopic (exact) mass is 638 g/mol. The molecule has 1 aliphatic heterocycles. The van der Waals surface area contributed by atoms with Crippen LogP contribution in [0.5, 0.6) is 5.75 Å². The molecule has 3 heterocycles. The summed E-state index contributed by atoms with van der Waals surface area (Å²) < 4.78 is 27.2. The fourth-order valence-electron chi connectivity index (χ4n) is 5.48.